The summed E-state index contributed by atoms with van der Waals surface area (Å²) in [5.41, 5.74) is 1.03. The lowest BCUT2D eigenvalue weighted by atomic mass is 10.1. The maximum absolute atomic E-state index is 5.45. The van der Waals surface area contributed by atoms with Crippen LogP contribution in [0.2, 0.25) is 0 Å². The van der Waals surface area contributed by atoms with Gasteiger partial charge in [0.25, 0.3) is 0 Å². The zero-order valence-electron chi connectivity index (χ0n) is 11.2. The highest BCUT2D eigenvalue weighted by atomic mass is 32.2. The first-order valence-corrected chi connectivity index (χ1v) is 7.92. The Hall–Kier alpha value is -1.29. The van der Waals surface area contributed by atoms with Crippen LogP contribution in [-0.2, 0) is 20.0 Å². The number of hydrogen-bond acceptors (Lipinski definition) is 3. The van der Waals surface area contributed by atoms with E-state index in [0.29, 0.717) is 0 Å². The molecule has 0 bridgehead atoms. The Morgan fingerprint density at radius 3 is 2.56 bits per heavy atom. The van der Waals surface area contributed by atoms with Crippen molar-refractivity contribution >= 4 is 20.3 Å². The van der Waals surface area contributed by atoms with Gasteiger partial charge in [0.2, 0.25) is 0 Å². The Bertz CT molecular complexity index is 567. The van der Waals surface area contributed by atoms with Crippen molar-refractivity contribution in [2.24, 2.45) is 9.52 Å². The summed E-state index contributed by atoms with van der Waals surface area (Å²) < 4.78 is 4.52. The number of benzene rings is 1. The van der Waals surface area contributed by atoms with Crippen molar-refractivity contribution in [3.8, 4) is 0 Å². The normalized spacial score (nSPS) is 20.7. The molecule has 0 saturated carbocycles. The fraction of sp³-hybridized carbons (Fsp3) is 0.429. The van der Waals surface area contributed by atoms with Gasteiger partial charge >= 0.3 is 0 Å². The fourth-order valence-electron chi connectivity index (χ4n) is 1.91. The highest BCUT2D eigenvalue weighted by molar-refractivity contribution is 8.15. The smallest absolute Gasteiger partial charge is 0.138 e. The van der Waals surface area contributed by atoms with Crippen molar-refractivity contribution in [2.75, 3.05) is 7.05 Å². The Kier molecular flexibility index (Phi) is 3.48. The predicted octanol–water partition coefficient (Wildman–Crippen LogP) is 3.10. The van der Waals surface area contributed by atoms with Gasteiger partial charge in [-0.05, 0) is 19.4 Å². The third-order valence-electron chi connectivity index (χ3n) is 3.01. The molecule has 98 valence electrons. The molecule has 4 heteroatoms. The van der Waals surface area contributed by atoms with E-state index in [-0.39, 0.29) is 5.60 Å². The van der Waals surface area contributed by atoms with Crippen molar-refractivity contribution in [2.45, 2.75) is 31.6 Å². The third-order valence-corrected chi connectivity index (χ3v) is 5.61. The van der Waals surface area contributed by atoms with E-state index in [1.165, 1.54) is 5.56 Å². The zero-order valence-corrected chi connectivity index (χ0v) is 12.0. The monoisotopic (exact) mass is 264 g/mol. The zero-order chi connectivity index (χ0) is 13.2. The first-order valence-electron chi connectivity index (χ1n) is 5.99. The van der Waals surface area contributed by atoms with Crippen LogP contribution in [0.4, 0.5) is 0 Å². The van der Waals surface area contributed by atoms with E-state index in [9.17, 15) is 0 Å². The van der Waals surface area contributed by atoms with Crippen LogP contribution >= 0.6 is 0 Å². The minimum Gasteiger partial charge on any atom is -0.389 e. The van der Waals surface area contributed by atoms with Crippen LogP contribution in [0.1, 0.15) is 25.8 Å². The summed E-state index contributed by atoms with van der Waals surface area (Å²) in [4.78, 5) is 5.45. The topological polar surface area (TPSA) is 34.0 Å². The lowest BCUT2D eigenvalue weighted by molar-refractivity contribution is 0.0123. The van der Waals surface area contributed by atoms with Crippen LogP contribution in [0.25, 0.3) is 0 Å². The quantitative estimate of drug-likeness (QED) is 0.756. The fourth-order valence-corrected chi connectivity index (χ4v) is 3.95. The average Bonchev–Trinajstić information content (AvgIpc) is 2.71. The summed E-state index contributed by atoms with van der Waals surface area (Å²) in [7, 11) is 0.353. The molecule has 1 aliphatic rings. The van der Waals surface area contributed by atoms with Crippen molar-refractivity contribution < 1.29 is 4.84 Å². The van der Waals surface area contributed by atoms with E-state index in [1.807, 2.05) is 39.1 Å². The van der Waals surface area contributed by atoms with E-state index >= 15 is 0 Å². The molecule has 1 aromatic carbocycles. The van der Waals surface area contributed by atoms with Gasteiger partial charge in [0.1, 0.15) is 10.6 Å². The molecular formula is C14H20N2OS. The lowest BCUT2D eigenvalue weighted by Crippen LogP contribution is -2.23. The number of rotatable bonds is 2. The molecular weight excluding hydrogens is 244 g/mol. The number of hydrogen-bond donors (Lipinski definition) is 0. The molecule has 0 N–H and O–H groups in total. The molecule has 0 radical (unpaired) electrons. The second kappa shape index (κ2) is 4.76. The first-order chi connectivity index (χ1) is 8.45. The first kappa shape index (κ1) is 13.1. The van der Waals surface area contributed by atoms with Crippen molar-refractivity contribution in [1.82, 2.24) is 0 Å². The van der Waals surface area contributed by atoms with Gasteiger partial charge in [-0.1, -0.05) is 50.8 Å². The number of oxime groups is 1. The van der Waals surface area contributed by atoms with Crippen LogP contribution in [-0.4, -0.2) is 23.6 Å². The minimum absolute atomic E-state index is 0.216. The SMILES string of the molecule is C=S(Cc1ccccc1)(=NC)C1=NOC(C)(C)C1. The molecule has 18 heavy (non-hydrogen) atoms. The summed E-state index contributed by atoms with van der Waals surface area (Å²) in [6.45, 7) is 4.09. The summed E-state index contributed by atoms with van der Waals surface area (Å²) in [5.74, 6) is 5.17. The molecule has 1 aromatic rings. The van der Waals surface area contributed by atoms with Gasteiger partial charge in [-0.2, -0.15) is 0 Å². The summed E-state index contributed by atoms with van der Waals surface area (Å²) >= 11 is 0. The second-order valence-corrected chi connectivity index (χ2v) is 7.98. The summed E-state index contributed by atoms with van der Waals surface area (Å²) in [5, 5.41) is 5.24. The minimum atomic E-state index is -1.48. The highest BCUT2D eigenvalue weighted by Crippen LogP contribution is 2.27. The van der Waals surface area contributed by atoms with E-state index in [2.05, 4.69) is 27.5 Å². The van der Waals surface area contributed by atoms with Crippen LogP contribution < -0.4 is 0 Å². The van der Waals surface area contributed by atoms with Crippen molar-refractivity contribution in [3.05, 3.63) is 35.9 Å². The molecule has 0 spiro atoms. The maximum Gasteiger partial charge on any atom is 0.138 e. The molecule has 0 aromatic heterocycles. The van der Waals surface area contributed by atoms with Crippen molar-refractivity contribution in [1.29, 1.82) is 0 Å². The molecule has 0 aliphatic carbocycles. The van der Waals surface area contributed by atoms with Gasteiger partial charge in [-0.3, -0.25) is 4.36 Å². The van der Waals surface area contributed by atoms with E-state index in [4.69, 9.17) is 4.84 Å². The summed E-state index contributed by atoms with van der Waals surface area (Å²) in [6.07, 6.45) is 0.815. The van der Waals surface area contributed by atoms with Crippen LogP contribution in [0.15, 0.2) is 39.9 Å². The molecule has 3 nitrogen and oxygen atoms in total. The van der Waals surface area contributed by atoms with Crippen molar-refractivity contribution in [3.63, 3.8) is 0 Å². The highest BCUT2D eigenvalue weighted by Gasteiger charge is 2.31. The molecule has 1 atom stereocenters. The van der Waals surface area contributed by atoms with E-state index < -0.39 is 9.41 Å². The van der Waals surface area contributed by atoms with Gasteiger partial charge < -0.3 is 4.84 Å². The molecule has 0 saturated heterocycles. The largest absolute Gasteiger partial charge is 0.389 e. The molecule has 1 heterocycles. The maximum atomic E-state index is 5.45. The average molecular weight is 264 g/mol. The molecule has 1 aliphatic heterocycles. The molecule has 0 amide bonds. The number of nitrogens with zero attached hydrogens (tertiary/aromatic N) is 2. The molecule has 2 rings (SSSR count). The van der Waals surface area contributed by atoms with Crippen LogP contribution in [0, 0.1) is 0 Å². The van der Waals surface area contributed by atoms with Crippen LogP contribution in [0.3, 0.4) is 0 Å². The Labute approximate surface area is 110 Å². The predicted molar refractivity (Wildman–Crippen MR) is 80.2 cm³/mol. The second-order valence-electron chi connectivity index (χ2n) is 5.17. The lowest BCUT2D eigenvalue weighted by Gasteiger charge is -2.16. The Morgan fingerprint density at radius 2 is 2.06 bits per heavy atom. The van der Waals surface area contributed by atoms with Gasteiger partial charge in [0.15, 0.2) is 0 Å². The molecule has 1 unspecified atom stereocenters. The van der Waals surface area contributed by atoms with Crippen LogP contribution in [0.5, 0.6) is 0 Å². The molecule has 0 fully saturated rings. The van der Waals surface area contributed by atoms with Gasteiger partial charge in [0.05, 0.1) is 0 Å². The Morgan fingerprint density at radius 1 is 1.39 bits per heavy atom. The van der Waals surface area contributed by atoms with Gasteiger partial charge in [-0.25, -0.2) is 0 Å². The third kappa shape index (κ3) is 2.75. The Balaban J connectivity index is 2.26. The van der Waals surface area contributed by atoms with Gasteiger partial charge in [0, 0.05) is 19.2 Å². The standard InChI is InChI=1S/C14H20N2OS/c1-14(2)10-13(16-17-14)18(4,15-3)11-12-8-6-5-7-9-12/h5-9H,4,10-11H2,1-3H3. The van der Waals surface area contributed by atoms with Gasteiger partial charge in [-0.15, -0.1) is 0 Å². The van der Waals surface area contributed by atoms with E-state index in [0.717, 1.165) is 17.2 Å². The summed E-state index contributed by atoms with van der Waals surface area (Å²) in [6, 6.07) is 10.3. The van der Waals surface area contributed by atoms with E-state index in [1.54, 1.807) is 0 Å².